The van der Waals surface area contributed by atoms with Gasteiger partial charge in [0.2, 0.25) is 5.91 Å². The Morgan fingerprint density at radius 1 is 0.909 bits per heavy atom. The second kappa shape index (κ2) is 9.57. The molecule has 0 aromatic heterocycles. The van der Waals surface area contributed by atoms with Crippen molar-refractivity contribution in [1.82, 2.24) is 10.2 Å². The number of nitrogens with one attached hydrogen (secondary N) is 1. The van der Waals surface area contributed by atoms with Crippen molar-refractivity contribution in [2.24, 2.45) is 5.92 Å². The molecule has 0 radical (unpaired) electrons. The molecule has 33 heavy (non-hydrogen) atoms. The molecule has 0 saturated carbocycles. The molecule has 1 aliphatic rings. The third-order valence-corrected chi connectivity index (χ3v) is 5.34. The summed E-state index contributed by atoms with van der Waals surface area (Å²) in [6.07, 6.45) is 0.122. The lowest BCUT2D eigenvalue weighted by atomic mass is 10.0. The summed E-state index contributed by atoms with van der Waals surface area (Å²) in [5, 5.41) is 2.74. The average molecular weight is 451 g/mol. The SMILES string of the molecule is CC(C)[C@H](NC(=O)C(Cc1ccccc1)N1C(=O)c2ccccc2C1=O)C(=O)OC(C)(C)C. The summed E-state index contributed by atoms with van der Waals surface area (Å²) >= 11 is 0. The molecule has 0 saturated heterocycles. The number of rotatable bonds is 7. The fraction of sp³-hybridized carbons (Fsp3) is 0.385. The van der Waals surface area contributed by atoms with Crippen LogP contribution in [0.5, 0.6) is 0 Å². The molecular formula is C26H30N2O5. The van der Waals surface area contributed by atoms with Crippen LogP contribution in [0, 0.1) is 5.92 Å². The third-order valence-electron chi connectivity index (χ3n) is 5.34. The molecule has 2 aromatic rings. The highest BCUT2D eigenvalue weighted by Crippen LogP contribution is 2.26. The van der Waals surface area contributed by atoms with Crippen LogP contribution in [0.25, 0.3) is 0 Å². The summed E-state index contributed by atoms with van der Waals surface area (Å²) in [5.74, 6) is -2.46. The Kier molecular flexibility index (Phi) is 7.01. The summed E-state index contributed by atoms with van der Waals surface area (Å²) in [4.78, 5) is 53.5. The van der Waals surface area contributed by atoms with Crippen molar-refractivity contribution in [3.63, 3.8) is 0 Å². The molecule has 0 aliphatic carbocycles. The van der Waals surface area contributed by atoms with Crippen LogP contribution in [0.1, 0.15) is 60.9 Å². The van der Waals surface area contributed by atoms with Gasteiger partial charge in [0.25, 0.3) is 11.8 Å². The first kappa shape index (κ1) is 24.2. The maximum absolute atomic E-state index is 13.5. The van der Waals surface area contributed by atoms with Crippen molar-refractivity contribution in [2.75, 3.05) is 0 Å². The van der Waals surface area contributed by atoms with Crippen LogP contribution in [0.15, 0.2) is 54.6 Å². The zero-order valence-corrected chi connectivity index (χ0v) is 19.6. The molecule has 0 bridgehead atoms. The monoisotopic (exact) mass is 450 g/mol. The molecule has 174 valence electrons. The molecule has 1 unspecified atom stereocenters. The van der Waals surface area contributed by atoms with Gasteiger partial charge in [0.05, 0.1) is 11.1 Å². The Hall–Kier alpha value is -3.48. The molecule has 1 heterocycles. The van der Waals surface area contributed by atoms with Crippen LogP contribution in [-0.2, 0) is 20.7 Å². The van der Waals surface area contributed by atoms with E-state index < -0.39 is 41.4 Å². The smallest absolute Gasteiger partial charge is 0.329 e. The summed E-state index contributed by atoms with van der Waals surface area (Å²) in [7, 11) is 0. The quantitative estimate of drug-likeness (QED) is 0.516. The van der Waals surface area contributed by atoms with Gasteiger partial charge < -0.3 is 10.1 Å². The van der Waals surface area contributed by atoms with Crippen LogP contribution in [-0.4, -0.2) is 46.3 Å². The van der Waals surface area contributed by atoms with Gasteiger partial charge in [-0.05, 0) is 44.4 Å². The van der Waals surface area contributed by atoms with Crippen molar-refractivity contribution in [3.8, 4) is 0 Å². The van der Waals surface area contributed by atoms with Crippen LogP contribution in [0.2, 0.25) is 0 Å². The number of carbonyl (C=O) groups excluding carboxylic acids is 4. The molecule has 0 fully saturated rings. The minimum atomic E-state index is -1.12. The molecule has 7 nitrogen and oxygen atoms in total. The van der Waals surface area contributed by atoms with Crippen LogP contribution in [0.4, 0.5) is 0 Å². The summed E-state index contributed by atoms with van der Waals surface area (Å²) in [5.41, 5.74) is 0.593. The van der Waals surface area contributed by atoms with Gasteiger partial charge in [-0.2, -0.15) is 0 Å². The number of hydrogen-bond donors (Lipinski definition) is 1. The number of hydrogen-bond acceptors (Lipinski definition) is 5. The van der Waals surface area contributed by atoms with Crippen LogP contribution >= 0.6 is 0 Å². The minimum Gasteiger partial charge on any atom is -0.458 e. The van der Waals surface area contributed by atoms with E-state index in [2.05, 4.69) is 5.32 Å². The Morgan fingerprint density at radius 2 is 1.42 bits per heavy atom. The zero-order valence-electron chi connectivity index (χ0n) is 19.6. The second-order valence-corrected chi connectivity index (χ2v) is 9.50. The summed E-state index contributed by atoms with van der Waals surface area (Å²) < 4.78 is 5.48. The highest BCUT2D eigenvalue weighted by atomic mass is 16.6. The van der Waals surface area contributed by atoms with E-state index in [0.717, 1.165) is 10.5 Å². The first-order chi connectivity index (χ1) is 15.5. The van der Waals surface area contributed by atoms with E-state index in [0.29, 0.717) is 0 Å². The number of fused-ring (bicyclic) bond motifs is 1. The Balaban J connectivity index is 1.93. The van der Waals surface area contributed by atoms with E-state index in [-0.39, 0.29) is 23.5 Å². The van der Waals surface area contributed by atoms with Crippen LogP contribution < -0.4 is 5.32 Å². The Bertz CT molecular complexity index is 1020. The Morgan fingerprint density at radius 3 is 1.91 bits per heavy atom. The van der Waals surface area contributed by atoms with Crippen molar-refractivity contribution >= 4 is 23.7 Å². The number of nitrogens with zero attached hydrogens (tertiary/aromatic N) is 1. The lowest BCUT2D eigenvalue weighted by Crippen LogP contribution is -2.56. The highest BCUT2D eigenvalue weighted by Gasteiger charge is 2.43. The van der Waals surface area contributed by atoms with Gasteiger partial charge >= 0.3 is 5.97 Å². The molecule has 1 N–H and O–H groups in total. The molecule has 7 heteroatoms. The predicted molar refractivity (Wildman–Crippen MR) is 123 cm³/mol. The maximum atomic E-state index is 13.5. The van der Waals surface area contributed by atoms with E-state index >= 15 is 0 Å². The van der Waals surface area contributed by atoms with Gasteiger partial charge in [-0.15, -0.1) is 0 Å². The fourth-order valence-electron chi connectivity index (χ4n) is 3.74. The normalized spacial score (nSPS) is 15.3. The number of imide groups is 1. The van der Waals surface area contributed by atoms with Gasteiger partial charge in [0.1, 0.15) is 17.7 Å². The molecule has 0 spiro atoms. The summed E-state index contributed by atoms with van der Waals surface area (Å²) in [6.45, 7) is 8.84. The van der Waals surface area contributed by atoms with Crippen molar-refractivity contribution in [1.29, 1.82) is 0 Å². The number of carbonyl (C=O) groups is 4. The molecule has 1 aliphatic heterocycles. The molecule has 2 atom stereocenters. The minimum absolute atomic E-state index is 0.122. The van der Waals surface area contributed by atoms with E-state index in [9.17, 15) is 19.2 Å². The number of ether oxygens (including phenoxy) is 1. The highest BCUT2D eigenvalue weighted by molar-refractivity contribution is 6.22. The van der Waals surface area contributed by atoms with Crippen molar-refractivity contribution in [3.05, 3.63) is 71.3 Å². The van der Waals surface area contributed by atoms with Gasteiger partial charge in [-0.3, -0.25) is 19.3 Å². The number of amides is 3. The van der Waals surface area contributed by atoms with Crippen molar-refractivity contribution in [2.45, 2.75) is 58.7 Å². The first-order valence-corrected chi connectivity index (χ1v) is 11.0. The average Bonchev–Trinajstić information content (AvgIpc) is 3.00. The van der Waals surface area contributed by atoms with Crippen LogP contribution in [0.3, 0.4) is 0 Å². The van der Waals surface area contributed by atoms with Gasteiger partial charge in [0, 0.05) is 6.42 Å². The maximum Gasteiger partial charge on any atom is 0.329 e. The molecule has 3 rings (SSSR count). The standard InChI is InChI=1S/C26H30N2O5/c1-16(2)21(25(32)33-26(3,4)5)27-22(29)20(15-17-11-7-6-8-12-17)28-23(30)18-13-9-10-14-19(18)24(28)31/h6-14,16,20-21H,15H2,1-5H3,(H,27,29)/t20?,21-/m0/s1. The predicted octanol–water partition coefficient (Wildman–Crippen LogP) is 3.38. The zero-order chi connectivity index (χ0) is 24.3. The van der Waals surface area contributed by atoms with Gasteiger partial charge in [-0.1, -0.05) is 56.3 Å². The molecular weight excluding hydrogens is 420 g/mol. The second-order valence-electron chi connectivity index (χ2n) is 9.50. The third kappa shape index (κ3) is 5.48. The molecule has 2 aromatic carbocycles. The van der Waals surface area contributed by atoms with E-state index in [4.69, 9.17) is 4.74 Å². The molecule has 3 amide bonds. The van der Waals surface area contributed by atoms with Gasteiger partial charge in [-0.25, -0.2) is 4.79 Å². The topological polar surface area (TPSA) is 92.8 Å². The van der Waals surface area contributed by atoms with Gasteiger partial charge in [0.15, 0.2) is 0 Å². The number of benzene rings is 2. The largest absolute Gasteiger partial charge is 0.458 e. The van der Waals surface area contributed by atoms with Crippen molar-refractivity contribution < 1.29 is 23.9 Å². The van der Waals surface area contributed by atoms with E-state index in [1.54, 1.807) is 58.9 Å². The number of esters is 1. The fourth-order valence-corrected chi connectivity index (χ4v) is 3.74. The summed E-state index contributed by atoms with van der Waals surface area (Å²) in [6, 6.07) is 13.6. The first-order valence-electron chi connectivity index (χ1n) is 11.0. The lowest BCUT2D eigenvalue weighted by Gasteiger charge is -2.30. The van der Waals surface area contributed by atoms with E-state index in [1.807, 2.05) is 30.3 Å². The van der Waals surface area contributed by atoms with E-state index in [1.165, 1.54) is 0 Å². The Labute approximate surface area is 194 Å². The lowest BCUT2D eigenvalue weighted by molar-refractivity contribution is -0.160.